The summed E-state index contributed by atoms with van der Waals surface area (Å²) < 4.78 is 0. The zero-order valence-electron chi connectivity index (χ0n) is 10.8. The second-order valence-corrected chi connectivity index (χ2v) is 6.12. The van der Waals surface area contributed by atoms with Crippen LogP contribution in [0.15, 0.2) is 0 Å². The highest BCUT2D eigenvalue weighted by Gasteiger charge is 2.43. The number of fused-ring (bicyclic) bond motifs is 1. The molecule has 0 saturated heterocycles. The Morgan fingerprint density at radius 1 is 1.12 bits per heavy atom. The predicted molar refractivity (Wildman–Crippen MR) is 65.4 cm³/mol. The van der Waals surface area contributed by atoms with Gasteiger partial charge in [-0.25, -0.2) is 0 Å². The minimum atomic E-state index is -0.628. The zero-order chi connectivity index (χ0) is 12.6. The maximum absolute atomic E-state index is 12.2. The first-order valence-corrected chi connectivity index (χ1v) is 6.90. The van der Waals surface area contributed by atoms with Crippen LogP contribution in [-0.4, -0.2) is 28.2 Å². The molecule has 0 spiro atoms. The lowest BCUT2D eigenvalue weighted by Crippen LogP contribution is -2.45. The van der Waals surface area contributed by atoms with E-state index in [1.54, 1.807) is 0 Å². The van der Waals surface area contributed by atoms with Gasteiger partial charge in [0.2, 0.25) is 0 Å². The third-order valence-corrected chi connectivity index (χ3v) is 4.65. The maximum atomic E-state index is 12.2. The Morgan fingerprint density at radius 3 is 2.41 bits per heavy atom. The van der Waals surface area contributed by atoms with Gasteiger partial charge in [0.25, 0.3) is 0 Å². The lowest BCUT2D eigenvalue weighted by molar-refractivity contribution is -0.134. The molecule has 0 amide bonds. The molecular weight excluding hydrogens is 216 g/mol. The van der Waals surface area contributed by atoms with Crippen molar-refractivity contribution in [1.29, 1.82) is 0 Å². The van der Waals surface area contributed by atoms with Gasteiger partial charge in [-0.05, 0) is 31.1 Å². The Bertz CT molecular complexity index is 287. The van der Waals surface area contributed by atoms with Crippen LogP contribution in [0.5, 0.6) is 0 Å². The number of carbonyl (C=O) groups is 1. The monoisotopic (exact) mass is 240 g/mol. The molecule has 0 aromatic rings. The van der Waals surface area contributed by atoms with E-state index < -0.39 is 12.2 Å². The molecule has 2 aliphatic carbocycles. The van der Waals surface area contributed by atoms with Crippen molar-refractivity contribution in [3.8, 4) is 0 Å². The van der Waals surface area contributed by atoms with Gasteiger partial charge in [0.15, 0.2) is 0 Å². The summed E-state index contributed by atoms with van der Waals surface area (Å²) in [5.41, 5.74) is 0. The highest BCUT2D eigenvalue weighted by Crippen LogP contribution is 2.44. The van der Waals surface area contributed by atoms with Crippen LogP contribution < -0.4 is 0 Å². The Kier molecular flexibility index (Phi) is 3.88. The molecule has 2 saturated carbocycles. The van der Waals surface area contributed by atoms with Crippen molar-refractivity contribution in [2.24, 2.45) is 23.7 Å². The van der Waals surface area contributed by atoms with Crippen molar-refractivity contribution in [2.45, 2.75) is 58.2 Å². The maximum Gasteiger partial charge on any atom is 0.138 e. The number of hydrogen-bond acceptors (Lipinski definition) is 3. The molecule has 0 aromatic carbocycles. The molecule has 2 N–H and O–H groups in total. The largest absolute Gasteiger partial charge is 0.390 e. The molecular formula is C14H24O3. The van der Waals surface area contributed by atoms with Gasteiger partial charge in [0, 0.05) is 11.8 Å². The second-order valence-electron chi connectivity index (χ2n) is 6.12. The van der Waals surface area contributed by atoms with E-state index in [1.807, 2.05) is 13.8 Å². The number of aliphatic hydroxyl groups excluding tert-OH is 2. The van der Waals surface area contributed by atoms with Crippen LogP contribution in [-0.2, 0) is 4.79 Å². The first-order valence-electron chi connectivity index (χ1n) is 6.90. The van der Waals surface area contributed by atoms with E-state index in [9.17, 15) is 15.0 Å². The van der Waals surface area contributed by atoms with E-state index in [0.29, 0.717) is 30.5 Å². The van der Waals surface area contributed by atoms with E-state index in [0.717, 1.165) is 19.3 Å². The average molecular weight is 240 g/mol. The van der Waals surface area contributed by atoms with Gasteiger partial charge < -0.3 is 10.2 Å². The van der Waals surface area contributed by atoms with Crippen molar-refractivity contribution in [1.82, 2.24) is 0 Å². The molecule has 3 nitrogen and oxygen atoms in total. The van der Waals surface area contributed by atoms with Crippen LogP contribution in [0.2, 0.25) is 0 Å². The van der Waals surface area contributed by atoms with Gasteiger partial charge in [0.1, 0.15) is 5.78 Å². The summed E-state index contributed by atoms with van der Waals surface area (Å²) in [7, 11) is 0. The fraction of sp³-hybridized carbons (Fsp3) is 0.929. The molecule has 0 radical (unpaired) electrons. The molecule has 0 aliphatic heterocycles. The Labute approximate surface area is 103 Å². The number of ketones is 1. The molecule has 5 atom stereocenters. The second kappa shape index (κ2) is 5.07. The topological polar surface area (TPSA) is 57.5 Å². The molecule has 2 fully saturated rings. The van der Waals surface area contributed by atoms with E-state index in [4.69, 9.17) is 0 Å². The van der Waals surface area contributed by atoms with Gasteiger partial charge in [-0.3, -0.25) is 4.79 Å². The van der Waals surface area contributed by atoms with Crippen LogP contribution in [0, 0.1) is 23.7 Å². The highest BCUT2D eigenvalue weighted by molar-refractivity contribution is 5.83. The van der Waals surface area contributed by atoms with Crippen molar-refractivity contribution in [3.63, 3.8) is 0 Å². The average Bonchev–Trinajstić information content (AvgIpc) is 2.29. The molecule has 3 heteroatoms. The van der Waals surface area contributed by atoms with Crippen LogP contribution >= 0.6 is 0 Å². The normalized spacial score (nSPS) is 42.3. The molecule has 17 heavy (non-hydrogen) atoms. The Balaban J connectivity index is 2.11. The first-order chi connectivity index (χ1) is 8.00. The summed E-state index contributed by atoms with van der Waals surface area (Å²) in [6.45, 7) is 3.92. The minimum Gasteiger partial charge on any atom is -0.390 e. The van der Waals surface area contributed by atoms with Crippen LogP contribution in [0.25, 0.3) is 0 Å². The highest BCUT2D eigenvalue weighted by atomic mass is 16.3. The van der Waals surface area contributed by atoms with Gasteiger partial charge in [0.05, 0.1) is 12.2 Å². The lowest BCUT2D eigenvalue weighted by Gasteiger charge is -2.44. The number of aliphatic hydroxyl groups is 2. The van der Waals surface area contributed by atoms with Crippen LogP contribution in [0.3, 0.4) is 0 Å². The summed E-state index contributed by atoms with van der Waals surface area (Å²) in [6, 6.07) is 0. The molecule has 0 aromatic heterocycles. The lowest BCUT2D eigenvalue weighted by atomic mass is 9.62. The fourth-order valence-corrected chi connectivity index (χ4v) is 3.69. The molecule has 2 rings (SSSR count). The number of carbonyl (C=O) groups excluding carboxylic acids is 1. The summed E-state index contributed by atoms with van der Waals surface area (Å²) in [6.07, 6.45) is 3.24. The molecule has 0 bridgehead atoms. The van der Waals surface area contributed by atoms with Gasteiger partial charge >= 0.3 is 0 Å². The van der Waals surface area contributed by atoms with E-state index in [2.05, 4.69) is 0 Å². The predicted octanol–water partition coefficient (Wildman–Crippen LogP) is 1.76. The van der Waals surface area contributed by atoms with Crippen molar-refractivity contribution >= 4 is 5.78 Å². The van der Waals surface area contributed by atoms with Crippen molar-refractivity contribution < 1.29 is 15.0 Å². The quantitative estimate of drug-likeness (QED) is 0.773. The van der Waals surface area contributed by atoms with Gasteiger partial charge in [-0.2, -0.15) is 0 Å². The third kappa shape index (κ3) is 2.55. The van der Waals surface area contributed by atoms with E-state index >= 15 is 0 Å². The Hall–Kier alpha value is -0.410. The van der Waals surface area contributed by atoms with Gasteiger partial charge in [-0.15, -0.1) is 0 Å². The molecule has 5 unspecified atom stereocenters. The van der Waals surface area contributed by atoms with E-state index in [1.165, 1.54) is 0 Å². The van der Waals surface area contributed by atoms with E-state index in [-0.39, 0.29) is 11.8 Å². The first kappa shape index (κ1) is 13.0. The number of Topliss-reactive ketones (excluding diaryl/α,β-unsaturated/α-hetero) is 1. The fourth-order valence-electron chi connectivity index (χ4n) is 3.69. The van der Waals surface area contributed by atoms with Crippen LogP contribution in [0.1, 0.15) is 46.0 Å². The summed E-state index contributed by atoms with van der Waals surface area (Å²) in [4.78, 5) is 12.2. The smallest absolute Gasteiger partial charge is 0.138 e. The molecule has 98 valence electrons. The summed E-state index contributed by atoms with van der Waals surface area (Å²) in [5.74, 6) is 1.30. The molecule has 2 aliphatic rings. The van der Waals surface area contributed by atoms with Crippen LogP contribution in [0.4, 0.5) is 0 Å². The standard InChI is InChI=1S/C14H24O3/c1-8(2)14(17)10-5-3-4-9-6-12(15)13(16)7-11(9)10/h8-13,15-16H,3-7H2,1-2H3. The van der Waals surface area contributed by atoms with Crippen molar-refractivity contribution in [3.05, 3.63) is 0 Å². The van der Waals surface area contributed by atoms with Gasteiger partial charge in [-0.1, -0.05) is 26.7 Å². The zero-order valence-corrected chi connectivity index (χ0v) is 10.8. The summed E-state index contributed by atoms with van der Waals surface area (Å²) >= 11 is 0. The number of rotatable bonds is 2. The summed E-state index contributed by atoms with van der Waals surface area (Å²) in [5, 5.41) is 19.5. The number of hydrogen-bond donors (Lipinski definition) is 2. The minimum absolute atomic E-state index is 0.0859. The SMILES string of the molecule is CC(C)C(=O)C1CCCC2CC(O)C(O)CC21. The van der Waals surface area contributed by atoms with Crippen molar-refractivity contribution in [2.75, 3.05) is 0 Å². The molecule has 0 heterocycles. The Morgan fingerprint density at radius 2 is 1.76 bits per heavy atom. The third-order valence-electron chi connectivity index (χ3n) is 4.65.